The highest BCUT2D eigenvalue weighted by Gasteiger charge is 2.18. The number of carbonyl (C=O) groups excluding carboxylic acids is 4. The maximum atomic E-state index is 12.5. The van der Waals surface area contributed by atoms with E-state index < -0.39 is 12.9 Å². The molecule has 0 atom stereocenters. The number of aromatic nitrogens is 8. The van der Waals surface area contributed by atoms with Gasteiger partial charge in [0.2, 0.25) is 0 Å². The number of nitrogens with zero attached hydrogens (tertiary/aromatic N) is 10. The summed E-state index contributed by atoms with van der Waals surface area (Å²) in [5, 5.41) is 48.4. The fourth-order valence-corrected chi connectivity index (χ4v) is 10.1. The summed E-state index contributed by atoms with van der Waals surface area (Å²) in [4.78, 5) is 63.6. The van der Waals surface area contributed by atoms with Crippen LogP contribution < -0.4 is 15.5 Å². The molecule has 99 heavy (non-hydrogen) atoms. The lowest BCUT2D eigenvalue weighted by Gasteiger charge is -2.26. The van der Waals surface area contributed by atoms with Crippen molar-refractivity contribution in [3.05, 3.63) is 213 Å². The lowest BCUT2D eigenvalue weighted by atomic mass is 9.80. The molecular formula is C70H76BBrCl2FN11O13. The second kappa shape index (κ2) is 40.0. The van der Waals surface area contributed by atoms with Crippen molar-refractivity contribution in [3.8, 4) is 62.5 Å². The number of morpholine rings is 3. The van der Waals surface area contributed by atoms with Crippen molar-refractivity contribution in [1.82, 2.24) is 53.3 Å². The summed E-state index contributed by atoms with van der Waals surface area (Å²) in [7, 11) is 6.15. The van der Waals surface area contributed by atoms with Crippen LogP contribution in [0.1, 0.15) is 53.6 Å². The molecule has 24 nitrogen and oxygen atoms in total. The molecule has 0 unspecified atom stereocenters. The SMILES string of the molecule is C1COCCN1.Cn1c(-c2ccc(O)cc2)cnc1C=O.Cn1c(-c2ccc(O)cc2)cnc1CN1CCOCC1.Cn1c(-c2ccc(Oc3cc(Cl)ccc3C=O)cc2)cnc1CN1CCOCC1.Cn1c(Br)cnc1C=O.O=Cc1ccc(Cl)cc1F.OB(O)c1ccc(O)cc1. The average molecular weight is 1460 g/mol. The van der Waals surface area contributed by atoms with E-state index in [-0.39, 0.29) is 22.8 Å². The van der Waals surface area contributed by atoms with E-state index in [0.29, 0.717) is 63.1 Å². The molecule has 0 bridgehead atoms. The standard InChI is InChI=1S/C22H22ClN3O3.C15H19N3O2.C11H10N2O2.C7H4ClFO.C6H7BO3.C5H5BrN2O.C4H9NO/c1-25-20(13-24-22(25)14-26-8-10-28-11-9-26)16-3-6-19(7-4-16)29-21-12-18(23)5-2-17(21)15-27;1-17-14(12-2-4-13(19)5-3-12)10-16-15(17)11-18-6-8-20-9-7-18;1-13-10(6-12-11(13)7-14)8-2-4-9(15)5-3-8;8-6-2-1-5(4-10)7(9)3-6;8-6-3-1-5(2-4-6)7(9)10;1-8-4(6)2-7-5(8)3-9;1-3-6-4-2-5-1/h2-7,12-13,15H,8-11,14H2,1H3;2-5,10,19H,6-9,11H2,1H3;2-7,15H,1H3;1-4H;1-4,8-10H;2-3H,1H3;5H,1-4H2. The van der Waals surface area contributed by atoms with Crippen LogP contribution in [0.15, 0.2) is 163 Å². The molecule has 7 heterocycles. The number of nitrogens with one attached hydrogen (secondary N) is 1. The number of hydrogen-bond donors (Lipinski definition) is 6. The quantitative estimate of drug-likeness (QED) is 0.0436. The summed E-state index contributed by atoms with van der Waals surface area (Å²) in [5.74, 6) is 4.00. The zero-order valence-electron chi connectivity index (χ0n) is 54.8. The molecular weight excluding hydrogens is 1380 g/mol. The van der Waals surface area contributed by atoms with Gasteiger partial charge in [0.1, 0.15) is 50.8 Å². The van der Waals surface area contributed by atoms with Crippen molar-refractivity contribution < 1.29 is 67.9 Å². The van der Waals surface area contributed by atoms with Gasteiger partial charge in [-0.05, 0) is 137 Å². The van der Waals surface area contributed by atoms with Gasteiger partial charge in [-0.1, -0.05) is 35.3 Å². The zero-order valence-corrected chi connectivity index (χ0v) is 57.9. The highest BCUT2D eigenvalue weighted by atomic mass is 79.9. The third kappa shape index (κ3) is 24.0. The molecule has 3 aliphatic heterocycles. The van der Waals surface area contributed by atoms with Crippen LogP contribution >= 0.6 is 39.1 Å². The van der Waals surface area contributed by atoms with E-state index in [0.717, 1.165) is 154 Å². The summed E-state index contributed by atoms with van der Waals surface area (Å²) in [6.45, 7) is 12.4. The van der Waals surface area contributed by atoms with Gasteiger partial charge < -0.3 is 67.9 Å². The number of halogens is 4. The van der Waals surface area contributed by atoms with E-state index in [9.17, 15) is 28.7 Å². The molecule has 3 fully saturated rings. The molecule has 10 aromatic rings. The Labute approximate surface area is 590 Å². The molecule has 0 amide bonds. The topological polar surface area (TPSA) is 296 Å². The first-order chi connectivity index (χ1) is 47.8. The molecule has 29 heteroatoms. The first-order valence-electron chi connectivity index (χ1n) is 31.0. The third-order valence-corrected chi connectivity index (χ3v) is 16.4. The smallest absolute Gasteiger partial charge is 0.488 e. The highest BCUT2D eigenvalue weighted by molar-refractivity contribution is 9.10. The van der Waals surface area contributed by atoms with Gasteiger partial charge in [0.05, 0.1) is 106 Å². The third-order valence-electron chi connectivity index (χ3n) is 15.2. The van der Waals surface area contributed by atoms with Crippen LogP contribution in [-0.2, 0) is 55.5 Å². The fraction of sp³-hybridized carbons (Fsp3) is 0.257. The number of benzene rings is 6. The zero-order chi connectivity index (χ0) is 71.2. The van der Waals surface area contributed by atoms with Gasteiger partial charge >= 0.3 is 7.12 Å². The van der Waals surface area contributed by atoms with Crippen molar-refractivity contribution in [2.75, 3.05) is 78.9 Å². The summed E-state index contributed by atoms with van der Waals surface area (Å²) in [5.41, 5.74) is 6.82. The Morgan fingerprint density at radius 1 is 0.515 bits per heavy atom. The van der Waals surface area contributed by atoms with E-state index in [1.54, 1.807) is 90.2 Å². The van der Waals surface area contributed by atoms with Gasteiger partial charge in [-0.25, -0.2) is 24.3 Å². The van der Waals surface area contributed by atoms with Crippen LogP contribution in [-0.4, -0.2) is 185 Å². The second-order valence-corrected chi connectivity index (χ2v) is 23.6. The van der Waals surface area contributed by atoms with Crippen molar-refractivity contribution in [3.63, 3.8) is 0 Å². The molecule has 0 radical (unpaired) electrons. The maximum absolute atomic E-state index is 12.5. The molecule has 13 rings (SSSR count). The van der Waals surface area contributed by atoms with E-state index in [2.05, 4.69) is 60.1 Å². The lowest BCUT2D eigenvalue weighted by molar-refractivity contribution is 0.0326. The molecule has 3 aliphatic rings. The molecule has 0 spiro atoms. The van der Waals surface area contributed by atoms with Gasteiger partial charge in [-0.15, -0.1) is 0 Å². The number of phenolic OH excluding ortho intramolecular Hbond substituents is 3. The average Bonchev–Trinajstić information content (AvgIpc) is 1.75. The largest absolute Gasteiger partial charge is 0.508 e. The molecule has 0 saturated carbocycles. The van der Waals surface area contributed by atoms with Crippen LogP contribution in [0, 0.1) is 5.82 Å². The molecule has 3 saturated heterocycles. The van der Waals surface area contributed by atoms with Crippen molar-refractivity contribution in [2.24, 2.45) is 28.2 Å². The van der Waals surface area contributed by atoms with Crippen LogP contribution in [0.25, 0.3) is 33.8 Å². The van der Waals surface area contributed by atoms with Gasteiger partial charge in [-0.2, -0.15) is 0 Å². The molecule has 6 aromatic carbocycles. The molecule has 0 aliphatic carbocycles. The first-order valence-corrected chi connectivity index (χ1v) is 32.5. The Bertz CT molecular complexity index is 4140. The Morgan fingerprint density at radius 3 is 1.30 bits per heavy atom. The number of imidazole rings is 4. The highest BCUT2D eigenvalue weighted by Crippen LogP contribution is 2.31. The first kappa shape index (κ1) is 77.1. The second-order valence-electron chi connectivity index (χ2n) is 21.9. The van der Waals surface area contributed by atoms with Gasteiger partial charge in [0.15, 0.2) is 36.8 Å². The van der Waals surface area contributed by atoms with Crippen molar-refractivity contribution >= 4 is 76.9 Å². The number of ether oxygens (including phenoxy) is 4. The van der Waals surface area contributed by atoms with Gasteiger partial charge in [-0.3, -0.25) is 29.0 Å². The fourth-order valence-electron chi connectivity index (χ4n) is 9.50. The van der Waals surface area contributed by atoms with Crippen molar-refractivity contribution in [2.45, 2.75) is 13.1 Å². The minimum atomic E-state index is -1.46. The number of carbonyl (C=O) groups is 4. The molecule has 6 N–H and O–H groups in total. The number of hydrogen-bond acceptors (Lipinski definition) is 20. The predicted molar refractivity (Wildman–Crippen MR) is 378 cm³/mol. The maximum Gasteiger partial charge on any atom is 0.488 e. The van der Waals surface area contributed by atoms with Crippen molar-refractivity contribution in [1.29, 1.82) is 0 Å². The Balaban J connectivity index is 0.000000173. The van der Waals surface area contributed by atoms with Gasteiger partial charge in [0, 0.05) is 100 Å². The number of aromatic hydroxyl groups is 3. The normalized spacial score (nSPS) is 13.4. The van der Waals surface area contributed by atoms with E-state index in [4.69, 9.17) is 62.4 Å². The van der Waals surface area contributed by atoms with E-state index in [1.807, 2.05) is 62.9 Å². The van der Waals surface area contributed by atoms with E-state index >= 15 is 0 Å². The Kier molecular flexibility index (Phi) is 31.2. The summed E-state index contributed by atoms with van der Waals surface area (Å²) >= 11 is 14.6. The minimum absolute atomic E-state index is 0.0319. The number of aldehydes is 4. The van der Waals surface area contributed by atoms with Crippen LogP contribution in [0.3, 0.4) is 0 Å². The van der Waals surface area contributed by atoms with Gasteiger partial charge in [0.25, 0.3) is 0 Å². The van der Waals surface area contributed by atoms with Crippen LogP contribution in [0.4, 0.5) is 4.39 Å². The summed E-state index contributed by atoms with van der Waals surface area (Å²) in [6.07, 6.45) is 9.64. The molecule has 4 aromatic heterocycles. The monoisotopic (exact) mass is 1460 g/mol. The number of phenols is 3. The Hall–Kier alpha value is -9.23. The summed E-state index contributed by atoms with van der Waals surface area (Å²) in [6, 6.07) is 36.2. The predicted octanol–water partition coefficient (Wildman–Crippen LogP) is 9.37. The van der Waals surface area contributed by atoms with E-state index in [1.165, 1.54) is 36.4 Å². The lowest BCUT2D eigenvalue weighted by Crippen LogP contribution is -2.36. The summed E-state index contributed by atoms with van der Waals surface area (Å²) < 4.78 is 42.6. The Morgan fingerprint density at radius 2 is 0.919 bits per heavy atom. The van der Waals surface area contributed by atoms with Crippen LogP contribution in [0.5, 0.6) is 28.7 Å². The minimum Gasteiger partial charge on any atom is -0.508 e. The molecule has 520 valence electrons. The number of rotatable bonds is 14. The van der Waals surface area contributed by atoms with Crippen LogP contribution in [0.2, 0.25) is 10.0 Å².